The Balaban J connectivity index is 1.33. The Morgan fingerprint density at radius 2 is 2.28 bits per heavy atom. The van der Waals surface area contributed by atoms with Crippen LogP contribution in [-0.4, -0.2) is 67.4 Å². The maximum Gasteiger partial charge on any atom is 0.229 e. The molecule has 1 amide bonds. The highest BCUT2D eigenvalue weighted by molar-refractivity contribution is 5.81. The van der Waals surface area contributed by atoms with Crippen molar-refractivity contribution < 1.29 is 14.2 Å². The molecule has 6 rings (SSSR count). The van der Waals surface area contributed by atoms with Crippen molar-refractivity contribution in [2.24, 2.45) is 13.0 Å². The van der Waals surface area contributed by atoms with E-state index in [1.165, 1.54) is 5.69 Å². The number of imidazole rings is 1. The summed E-state index contributed by atoms with van der Waals surface area (Å²) in [6.07, 6.45) is 8.67. The maximum atomic E-state index is 13.7. The molecule has 2 aromatic heterocycles. The van der Waals surface area contributed by atoms with Gasteiger partial charge in [0.15, 0.2) is 0 Å². The summed E-state index contributed by atoms with van der Waals surface area (Å²) in [5.41, 5.74) is 2.77. The second-order valence-corrected chi connectivity index (χ2v) is 9.00. The number of carbonyl (C=O) groups is 1. The molecule has 9 nitrogen and oxygen atoms in total. The van der Waals surface area contributed by atoms with Gasteiger partial charge in [-0.1, -0.05) is 10.3 Å². The molecule has 4 aliphatic rings. The van der Waals surface area contributed by atoms with Crippen molar-refractivity contribution in [2.45, 2.75) is 56.4 Å². The minimum Gasteiger partial charge on any atom is -0.374 e. The highest BCUT2D eigenvalue weighted by Crippen LogP contribution is 2.46. The Morgan fingerprint density at radius 3 is 3.03 bits per heavy atom. The van der Waals surface area contributed by atoms with E-state index in [9.17, 15) is 4.79 Å². The van der Waals surface area contributed by atoms with Gasteiger partial charge in [0.2, 0.25) is 5.91 Å². The summed E-state index contributed by atoms with van der Waals surface area (Å²) in [6.45, 7) is 3.07. The van der Waals surface area contributed by atoms with Gasteiger partial charge in [0.25, 0.3) is 0 Å². The van der Waals surface area contributed by atoms with Gasteiger partial charge in [-0.2, -0.15) is 0 Å². The summed E-state index contributed by atoms with van der Waals surface area (Å²) in [6, 6.07) is 0. The average Bonchev–Trinajstić information content (AvgIpc) is 3.52. The third-order valence-corrected chi connectivity index (χ3v) is 7.40. The Labute approximate surface area is 169 Å². The molecular formula is C20H26N6O3. The van der Waals surface area contributed by atoms with Crippen molar-refractivity contribution in [3.8, 4) is 0 Å². The molecule has 9 heteroatoms. The van der Waals surface area contributed by atoms with Crippen LogP contribution < -0.4 is 0 Å². The number of hydrogen-bond donors (Lipinski definition) is 0. The molecule has 0 aromatic carbocycles. The van der Waals surface area contributed by atoms with E-state index in [0.717, 1.165) is 63.1 Å². The van der Waals surface area contributed by atoms with Gasteiger partial charge >= 0.3 is 0 Å². The number of amides is 1. The van der Waals surface area contributed by atoms with E-state index in [-0.39, 0.29) is 29.6 Å². The van der Waals surface area contributed by atoms with Gasteiger partial charge in [0.05, 0.1) is 36.3 Å². The van der Waals surface area contributed by atoms with E-state index in [4.69, 9.17) is 14.3 Å². The van der Waals surface area contributed by atoms with E-state index in [0.29, 0.717) is 6.54 Å². The van der Waals surface area contributed by atoms with E-state index in [2.05, 4.69) is 31.7 Å². The zero-order chi connectivity index (χ0) is 19.6. The van der Waals surface area contributed by atoms with Crippen molar-refractivity contribution in [2.75, 3.05) is 19.6 Å². The van der Waals surface area contributed by atoms with Crippen LogP contribution >= 0.6 is 0 Å². The van der Waals surface area contributed by atoms with Gasteiger partial charge in [-0.25, -0.2) is 9.61 Å². The fourth-order valence-corrected chi connectivity index (χ4v) is 6.02. The Bertz CT molecular complexity index is 927. The molecule has 1 spiro atoms. The number of ether oxygens (including phenoxy) is 1. The lowest BCUT2D eigenvalue weighted by Gasteiger charge is -2.45. The van der Waals surface area contributed by atoms with Crippen LogP contribution in [0.4, 0.5) is 0 Å². The number of nitrogens with zero attached hydrogens (tertiary/aromatic N) is 6. The normalized spacial score (nSPS) is 33.7. The zero-order valence-electron chi connectivity index (χ0n) is 16.7. The molecule has 0 N–H and O–H groups in total. The quantitative estimate of drug-likeness (QED) is 0.757. The van der Waals surface area contributed by atoms with Crippen LogP contribution in [0.25, 0.3) is 0 Å². The molecule has 3 fully saturated rings. The number of likely N-dealkylation sites (tertiary alicyclic amines) is 1. The summed E-state index contributed by atoms with van der Waals surface area (Å²) in [5, 5.41) is 7.68. The monoisotopic (exact) mass is 398 g/mol. The molecule has 1 unspecified atom stereocenters. The number of hydrogen-bond acceptors (Lipinski definition) is 7. The number of carbonyl (C=O) groups excluding carboxylic acids is 1. The molecule has 3 saturated heterocycles. The van der Waals surface area contributed by atoms with Gasteiger partial charge in [0.1, 0.15) is 11.2 Å². The number of rotatable bonds is 3. The molecule has 0 radical (unpaired) electrons. The van der Waals surface area contributed by atoms with E-state index < -0.39 is 0 Å². The molecule has 4 atom stereocenters. The van der Waals surface area contributed by atoms with E-state index in [1.807, 2.05) is 6.33 Å². The van der Waals surface area contributed by atoms with Crippen LogP contribution in [-0.2, 0) is 35.1 Å². The fraction of sp³-hybridized carbons (Fsp3) is 0.700. The van der Waals surface area contributed by atoms with E-state index >= 15 is 0 Å². The van der Waals surface area contributed by atoms with Crippen LogP contribution in [0.15, 0.2) is 17.2 Å². The van der Waals surface area contributed by atoms with Crippen molar-refractivity contribution in [3.63, 3.8) is 0 Å². The first-order valence-corrected chi connectivity index (χ1v) is 10.6. The molecule has 0 saturated carbocycles. The maximum absolute atomic E-state index is 13.7. The molecular weight excluding hydrogens is 372 g/mol. The lowest BCUT2D eigenvalue weighted by atomic mass is 9.82. The van der Waals surface area contributed by atoms with Crippen LogP contribution in [0.2, 0.25) is 0 Å². The third-order valence-electron chi connectivity index (χ3n) is 7.40. The lowest BCUT2D eigenvalue weighted by molar-refractivity contribution is -0.145. The number of fused-ring (bicyclic) bond motifs is 4. The molecule has 0 aliphatic carbocycles. The summed E-state index contributed by atoms with van der Waals surface area (Å²) >= 11 is 0. The highest BCUT2D eigenvalue weighted by Gasteiger charge is 2.55. The second-order valence-electron chi connectivity index (χ2n) is 9.00. The van der Waals surface area contributed by atoms with Crippen molar-refractivity contribution in [3.05, 3.63) is 29.6 Å². The molecule has 154 valence electrons. The van der Waals surface area contributed by atoms with Crippen LogP contribution in [0.1, 0.15) is 42.8 Å². The van der Waals surface area contributed by atoms with Crippen LogP contribution in [0, 0.1) is 5.92 Å². The molecule has 29 heavy (non-hydrogen) atoms. The Hall–Kier alpha value is -2.26. The zero-order valence-corrected chi connectivity index (χ0v) is 16.7. The lowest BCUT2D eigenvalue weighted by Crippen LogP contribution is -2.57. The number of aryl methyl sites for hydroxylation is 1. The Morgan fingerprint density at radius 1 is 1.34 bits per heavy atom. The average molecular weight is 398 g/mol. The summed E-state index contributed by atoms with van der Waals surface area (Å²) in [7, 11) is 2.05. The SMILES string of the molecule is Cn1cnc2c1CCN(C(=O)[C@@H]1C[C@H]3CC[C@@H]1O3)C21CCN(Cc2cnon2)C1. The largest absolute Gasteiger partial charge is 0.374 e. The first kappa shape index (κ1) is 17.6. The highest BCUT2D eigenvalue weighted by atomic mass is 16.6. The van der Waals surface area contributed by atoms with Gasteiger partial charge in [-0.15, -0.1) is 0 Å². The van der Waals surface area contributed by atoms with Gasteiger partial charge in [0, 0.05) is 45.3 Å². The summed E-state index contributed by atoms with van der Waals surface area (Å²) < 4.78 is 12.9. The third kappa shape index (κ3) is 2.60. The topological polar surface area (TPSA) is 89.5 Å². The fourth-order valence-electron chi connectivity index (χ4n) is 6.02. The first-order chi connectivity index (χ1) is 14.1. The minimum absolute atomic E-state index is 0.00433. The Kier molecular flexibility index (Phi) is 3.86. The molecule has 2 bridgehead atoms. The molecule has 2 aromatic rings. The van der Waals surface area contributed by atoms with Crippen molar-refractivity contribution >= 4 is 5.91 Å². The summed E-state index contributed by atoms with van der Waals surface area (Å²) in [5.74, 6) is 0.267. The first-order valence-electron chi connectivity index (χ1n) is 10.6. The van der Waals surface area contributed by atoms with Crippen molar-refractivity contribution in [1.82, 2.24) is 29.7 Å². The van der Waals surface area contributed by atoms with Gasteiger partial charge in [-0.05, 0) is 25.7 Å². The standard InChI is InChI=1S/C20H26N6O3/c1-24-12-21-18-16(24)4-6-26(19(27)15-8-14-2-3-17(15)28-14)20(18)5-7-25(11-20)10-13-9-22-29-23-13/h9,12,14-15,17H,2-8,10-11H2,1H3/t14-,15-,17+,20?/m1/s1. The van der Waals surface area contributed by atoms with Crippen LogP contribution in [0.3, 0.4) is 0 Å². The second kappa shape index (κ2) is 6.37. The molecule has 4 aliphatic heterocycles. The van der Waals surface area contributed by atoms with Gasteiger partial charge < -0.3 is 14.2 Å². The summed E-state index contributed by atoms with van der Waals surface area (Å²) in [4.78, 5) is 23.0. The van der Waals surface area contributed by atoms with Crippen LogP contribution in [0.5, 0.6) is 0 Å². The predicted molar refractivity (Wildman–Crippen MR) is 100 cm³/mol. The van der Waals surface area contributed by atoms with E-state index in [1.54, 1.807) is 6.20 Å². The van der Waals surface area contributed by atoms with Gasteiger partial charge in [-0.3, -0.25) is 9.69 Å². The number of aromatic nitrogens is 4. The minimum atomic E-state index is -0.370. The predicted octanol–water partition coefficient (Wildman–Crippen LogP) is 0.856. The smallest absolute Gasteiger partial charge is 0.229 e. The molecule has 6 heterocycles. The van der Waals surface area contributed by atoms with Crippen molar-refractivity contribution in [1.29, 1.82) is 0 Å².